The van der Waals surface area contributed by atoms with E-state index >= 15 is 0 Å². The number of hydrogen-bond donors (Lipinski definition) is 1. The van der Waals surface area contributed by atoms with Gasteiger partial charge >= 0.3 is 0 Å². The highest BCUT2D eigenvalue weighted by molar-refractivity contribution is 7.98. The average molecular weight is 357 g/mol. The molecule has 0 radical (unpaired) electrons. The molecule has 1 aliphatic heterocycles. The molecule has 0 spiro atoms. The van der Waals surface area contributed by atoms with E-state index < -0.39 is 0 Å². The summed E-state index contributed by atoms with van der Waals surface area (Å²) in [6.45, 7) is 7.61. The molecule has 1 saturated heterocycles. The van der Waals surface area contributed by atoms with Crippen molar-refractivity contribution in [2.75, 3.05) is 24.7 Å². The monoisotopic (exact) mass is 356 g/mol. The van der Waals surface area contributed by atoms with Crippen molar-refractivity contribution in [1.82, 2.24) is 14.9 Å². The molecule has 0 aliphatic carbocycles. The van der Waals surface area contributed by atoms with Crippen LogP contribution in [0.3, 0.4) is 0 Å². The third kappa shape index (κ3) is 5.19. The van der Waals surface area contributed by atoms with Crippen LogP contribution in [0.4, 0.5) is 5.69 Å². The minimum Gasteiger partial charge on any atom is -0.381 e. The maximum Gasteiger partial charge on any atom is 0.187 e. The summed E-state index contributed by atoms with van der Waals surface area (Å²) < 4.78 is 0. The highest BCUT2D eigenvalue weighted by Gasteiger charge is 2.20. The highest BCUT2D eigenvalue weighted by atomic mass is 32.2. The van der Waals surface area contributed by atoms with E-state index in [1.54, 1.807) is 11.8 Å². The van der Waals surface area contributed by atoms with Gasteiger partial charge in [-0.05, 0) is 49.3 Å². The van der Waals surface area contributed by atoms with E-state index in [0.717, 1.165) is 24.8 Å². The lowest BCUT2D eigenvalue weighted by atomic mass is 10.0. The van der Waals surface area contributed by atoms with Crippen LogP contribution in [0.1, 0.15) is 43.7 Å². The lowest BCUT2D eigenvalue weighted by Crippen LogP contribution is -2.41. The zero-order valence-corrected chi connectivity index (χ0v) is 16.2. The van der Waals surface area contributed by atoms with Crippen LogP contribution in [0.15, 0.2) is 41.8 Å². The van der Waals surface area contributed by atoms with Gasteiger partial charge in [0.1, 0.15) is 0 Å². The Labute approximate surface area is 155 Å². The second kappa shape index (κ2) is 8.68. The quantitative estimate of drug-likeness (QED) is 0.614. The Balaban J connectivity index is 1.55. The predicted octanol–water partition coefficient (Wildman–Crippen LogP) is 4.40. The molecule has 134 valence electrons. The molecule has 4 nitrogen and oxygen atoms in total. The first-order valence-corrected chi connectivity index (χ1v) is 10.3. The van der Waals surface area contributed by atoms with Crippen LogP contribution in [0.25, 0.3) is 0 Å². The molecule has 3 rings (SSSR count). The molecule has 0 saturated carbocycles. The normalized spacial score (nSPS) is 18.5. The number of hydrogen-bond acceptors (Lipinski definition) is 5. The lowest BCUT2D eigenvalue weighted by Gasteiger charge is -2.33. The van der Waals surface area contributed by atoms with Gasteiger partial charge in [0.15, 0.2) is 5.16 Å². The van der Waals surface area contributed by atoms with Crippen LogP contribution >= 0.6 is 11.8 Å². The number of nitrogens with one attached hydrogen (secondary N) is 1. The van der Waals surface area contributed by atoms with Crippen LogP contribution < -0.4 is 5.32 Å². The Morgan fingerprint density at radius 2 is 1.92 bits per heavy atom. The van der Waals surface area contributed by atoms with Gasteiger partial charge in [0, 0.05) is 42.8 Å². The van der Waals surface area contributed by atoms with Gasteiger partial charge in [-0.15, -0.1) is 0 Å². The van der Waals surface area contributed by atoms with Crippen molar-refractivity contribution in [3.05, 3.63) is 47.8 Å². The fourth-order valence-corrected chi connectivity index (χ4v) is 3.62. The van der Waals surface area contributed by atoms with Gasteiger partial charge in [-0.25, -0.2) is 9.97 Å². The van der Waals surface area contributed by atoms with Crippen molar-refractivity contribution >= 4 is 17.4 Å². The molecule has 1 unspecified atom stereocenters. The van der Waals surface area contributed by atoms with Gasteiger partial charge in [-0.1, -0.05) is 37.7 Å². The summed E-state index contributed by atoms with van der Waals surface area (Å²) in [6.07, 6.45) is 8.38. The first-order valence-electron chi connectivity index (χ1n) is 9.08. The second-order valence-electron chi connectivity index (χ2n) is 7.07. The minimum atomic E-state index is 0.505. The number of likely N-dealkylation sites (tertiary alicyclic amines) is 1. The van der Waals surface area contributed by atoms with E-state index in [1.165, 1.54) is 29.7 Å². The summed E-state index contributed by atoms with van der Waals surface area (Å²) in [6, 6.07) is 9.40. The molecule has 5 heteroatoms. The zero-order valence-electron chi connectivity index (χ0n) is 15.4. The molecule has 1 aliphatic rings. The molecule has 1 fully saturated rings. The Hall–Kier alpha value is -1.59. The van der Waals surface area contributed by atoms with Crippen LogP contribution in [0.2, 0.25) is 0 Å². The Bertz CT molecular complexity index is 654. The van der Waals surface area contributed by atoms with E-state index in [4.69, 9.17) is 0 Å². The van der Waals surface area contributed by atoms with Gasteiger partial charge in [0.25, 0.3) is 0 Å². The standard InChI is InChI=1S/C20H28N4S/c1-15(2)17-6-8-18(9-7-17)23-19-5-4-10-24(14-19)13-16-11-21-20(25-3)22-12-16/h6-9,11-12,15,19,23H,4-5,10,13-14H2,1-3H3. The maximum absolute atomic E-state index is 4.38. The minimum absolute atomic E-state index is 0.505. The molecule has 1 N–H and O–H groups in total. The van der Waals surface area contributed by atoms with E-state index in [-0.39, 0.29) is 0 Å². The number of piperidine rings is 1. The van der Waals surface area contributed by atoms with E-state index in [1.807, 2.05) is 18.6 Å². The third-order valence-corrected chi connectivity index (χ3v) is 5.30. The van der Waals surface area contributed by atoms with Crippen molar-refractivity contribution in [2.45, 2.75) is 50.4 Å². The van der Waals surface area contributed by atoms with E-state index in [0.29, 0.717) is 12.0 Å². The Kier molecular flexibility index (Phi) is 6.32. The Morgan fingerprint density at radius 1 is 1.20 bits per heavy atom. The topological polar surface area (TPSA) is 41.1 Å². The van der Waals surface area contributed by atoms with Crippen molar-refractivity contribution in [1.29, 1.82) is 0 Å². The van der Waals surface area contributed by atoms with Gasteiger partial charge < -0.3 is 5.32 Å². The highest BCUT2D eigenvalue weighted by Crippen LogP contribution is 2.21. The largest absolute Gasteiger partial charge is 0.381 e. The first kappa shape index (κ1) is 18.2. The number of nitrogens with zero attached hydrogens (tertiary/aromatic N) is 3. The van der Waals surface area contributed by atoms with Crippen molar-refractivity contribution in [2.24, 2.45) is 0 Å². The van der Waals surface area contributed by atoms with Crippen molar-refractivity contribution in [3.8, 4) is 0 Å². The number of benzene rings is 1. The summed E-state index contributed by atoms with van der Waals surface area (Å²) in [5, 5.41) is 4.54. The van der Waals surface area contributed by atoms with Crippen LogP contribution in [-0.2, 0) is 6.54 Å². The number of aromatic nitrogens is 2. The molecule has 1 atom stereocenters. The molecular weight excluding hydrogens is 328 g/mol. The summed E-state index contributed by atoms with van der Waals surface area (Å²) in [5.41, 5.74) is 3.81. The molecule has 0 bridgehead atoms. The third-order valence-electron chi connectivity index (χ3n) is 4.72. The molecule has 2 heterocycles. The molecule has 25 heavy (non-hydrogen) atoms. The van der Waals surface area contributed by atoms with Crippen LogP contribution in [0.5, 0.6) is 0 Å². The van der Waals surface area contributed by atoms with E-state index in [2.05, 4.69) is 58.3 Å². The second-order valence-corrected chi connectivity index (χ2v) is 7.85. The van der Waals surface area contributed by atoms with Gasteiger partial charge in [-0.3, -0.25) is 4.90 Å². The summed E-state index contributed by atoms with van der Waals surface area (Å²) in [5.74, 6) is 0.582. The number of anilines is 1. The molecule has 1 aromatic heterocycles. The van der Waals surface area contributed by atoms with E-state index in [9.17, 15) is 0 Å². The Morgan fingerprint density at radius 3 is 2.56 bits per heavy atom. The molecule has 1 aromatic carbocycles. The zero-order chi connectivity index (χ0) is 17.6. The molecule has 2 aromatic rings. The summed E-state index contributed by atoms with van der Waals surface area (Å²) >= 11 is 1.58. The number of thioether (sulfide) groups is 1. The van der Waals surface area contributed by atoms with Crippen LogP contribution in [0, 0.1) is 0 Å². The summed E-state index contributed by atoms with van der Waals surface area (Å²) in [4.78, 5) is 11.3. The smallest absolute Gasteiger partial charge is 0.187 e. The average Bonchev–Trinajstić information content (AvgIpc) is 2.63. The number of rotatable bonds is 6. The SMILES string of the molecule is CSc1ncc(CN2CCCC(Nc3ccc(C(C)C)cc3)C2)cn1. The lowest BCUT2D eigenvalue weighted by molar-refractivity contribution is 0.208. The predicted molar refractivity (Wildman–Crippen MR) is 106 cm³/mol. The first-order chi connectivity index (χ1) is 12.1. The van der Waals surface area contributed by atoms with Gasteiger partial charge in [0.2, 0.25) is 0 Å². The summed E-state index contributed by atoms with van der Waals surface area (Å²) in [7, 11) is 0. The molecule has 0 amide bonds. The van der Waals surface area contributed by atoms with Crippen molar-refractivity contribution in [3.63, 3.8) is 0 Å². The fraction of sp³-hybridized carbons (Fsp3) is 0.500. The maximum atomic E-state index is 4.38. The van der Waals surface area contributed by atoms with Gasteiger partial charge in [0.05, 0.1) is 0 Å². The fourth-order valence-electron chi connectivity index (χ4n) is 3.31. The van der Waals surface area contributed by atoms with Crippen molar-refractivity contribution < 1.29 is 0 Å². The van der Waals surface area contributed by atoms with Crippen LogP contribution in [-0.4, -0.2) is 40.3 Å². The molecular formula is C20H28N4S. The van der Waals surface area contributed by atoms with Gasteiger partial charge in [-0.2, -0.15) is 0 Å².